The van der Waals surface area contributed by atoms with Gasteiger partial charge in [0.1, 0.15) is 5.75 Å². The number of fused-ring (bicyclic) bond motifs is 4. The summed E-state index contributed by atoms with van der Waals surface area (Å²) in [5.74, 6) is 0.338. The number of hydrogen-bond acceptors (Lipinski definition) is 6. The first-order chi connectivity index (χ1) is 13.0. The molecule has 1 aromatic rings. The molecule has 0 bridgehead atoms. The first kappa shape index (κ1) is 19.6. The Morgan fingerprint density at radius 1 is 1.07 bits per heavy atom. The Morgan fingerprint density at radius 2 is 1.82 bits per heavy atom. The first-order valence-corrected chi connectivity index (χ1v) is 11.9. The van der Waals surface area contributed by atoms with E-state index in [-0.39, 0.29) is 17.1 Å². The lowest BCUT2D eigenvalue weighted by Crippen LogP contribution is -2.37. The Labute approximate surface area is 164 Å². The molecule has 1 saturated carbocycles. The van der Waals surface area contributed by atoms with Gasteiger partial charge in [0.05, 0.1) is 6.10 Å². The topological polar surface area (TPSA) is 139 Å². The lowest BCUT2D eigenvalue weighted by Gasteiger charge is -2.41. The highest BCUT2D eigenvalue weighted by atomic mass is 32.2. The van der Waals surface area contributed by atoms with Gasteiger partial charge in [-0.05, 0) is 54.5 Å². The molecule has 152 valence electrons. The van der Waals surface area contributed by atoms with Crippen molar-refractivity contribution in [2.24, 2.45) is 15.7 Å². The van der Waals surface area contributed by atoms with Crippen LogP contribution in [0.3, 0.4) is 0 Å². The molecule has 1 fully saturated rings. The van der Waals surface area contributed by atoms with E-state index in [1.54, 1.807) is 12.1 Å². The fourth-order valence-corrected chi connectivity index (χ4v) is 5.91. The van der Waals surface area contributed by atoms with Crippen LogP contribution in [-0.2, 0) is 24.8 Å². The average Bonchev–Trinajstić information content (AvgIpc) is 2.88. The van der Waals surface area contributed by atoms with Crippen LogP contribution in [-0.4, -0.2) is 22.9 Å². The second-order valence-electron chi connectivity index (χ2n) is 7.76. The molecule has 28 heavy (non-hydrogen) atoms. The lowest BCUT2D eigenvalue weighted by molar-refractivity contribution is 0.101. The van der Waals surface area contributed by atoms with Crippen LogP contribution in [0.4, 0.5) is 0 Å². The standard InChI is InChI=1S/C18H22N2O6S2/c1-18-9-8-14-13-5-3-12(25-27(19,21)22)10-11(13)2-4-15(14)16(18)6-7-17(18)26-28(20,23)24/h2-5,10,14,17H,6-9H2,1H3,(H2,19,21,22)(H2,20,23,24)/t14-,17+,18+/m1/s1. The highest BCUT2D eigenvalue weighted by molar-refractivity contribution is 7.84. The van der Waals surface area contributed by atoms with Gasteiger partial charge in [0.25, 0.3) is 0 Å². The van der Waals surface area contributed by atoms with Gasteiger partial charge in [0, 0.05) is 11.3 Å². The van der Waals surface area contributed by atoms with E-state index in [4.69, 9.17) is 18.6 Å². The van der Waals surface area contributed by atoms with Crippen molar-refractivity contribution in [3.63, 3.8) is 0 Å². The molecule has 0 amide bonds. The number of rotatable bonds is 4. The minimum absolute atomic E-state index is 0.167. The maximum atomic E-state index is 11.4. The van der Waals surface area contributed by atoms with Crippen molar-refractivity contribution in [1.82, 2.24) is 0 Å². The van der Waals surface area contributed by atoms with E-state index in [1.165, 1.54) is 11.1 Å². The van der Waals surface area contributed by atoms with Gasteiger partial charge in [0.2, 0.25) is 0 Å². The highest BCUT2D eigenvalue weighted by Gasteiger charge is 2.49. The number of allylic oxidation sites excluding steroid dienone is 2. The van der Waals surface area contributed by atoms with E-state index in [9.17, 15) is 16.8 Å². The van der Waals surface area contributed by atoms with Crippen molar-refractivity contribution in [3.05, 3.63) is 46.5 Å². The van der Waals surface area contributed by atoms with Crippen LogP contribution in [0.2, 0.25) is 0 Å². The van der Waals surface area contributed by atoms with Crippen molar-refractivity contribution < 1.29 is 25.2 Å². The predicted molar refractivity (Wildman–Crippen MR) is 104 cm³/mol. The zero-order valence-electron chi connectivity index (χ0n) is 15.3. The van der Waals surface area contributed by atoms with Gasteiger partial charge in [-0.3, -0.25) is 4.18 Å². The minimum Gasteiger partial charge on any atom is -0.371 e. The summed E-state index contributed by atoms with van der Waals surface area (Å²) >= 11 is 0. The summed E-state index contributed by atoms with van der Waals surface area (Å²) in [4.78, 5) is 0. The van der Waals surface area contributed by atoms with E-state index >= 15 is 0 Å². The predicted octanol–water partition coefficient (Wildman–Crippen LogP) is 1.86. The molecular weight excluding hydrogens is 404 g/mol. The number of benzene rings is 1. The molecule has 0 radical (unpaired) electrons. The molecule has 1 aromatic carbocycles. The van der Waals surface area contributed by atoms with Crippen molar-refractivity contribution in [1.29, 1.82) is 0 Å². The summed E-state index contributed by atoms with van der Waals surface area (Å²) in [6.45, 7) is 2.04. The summed E-state index contributed by atoms with van der Waals surface area (Å²) in [6, 6.07) is 5.12. The Morgan fingerprint density at radius 3 is 2.50 bits per heavy atom. The molecular formula is C18H22N2O6S2. The van der Waals surface area contributed by atoms with Crippen LogP contribution < -0.4 is 14.5 Å². The summed E-state index contributed by atoms with van der Waals surface area (Å²) in [6.07, 6.45) is 6.47. The van der Waals surface area contributed by atoms with Crippen LogP contribution in [0.25, 0.3) is 6.08 Å². The maximum Gasteiger partial charge on any atom is 0.380 e. The summed E-state index contributed by atoms with van der Waals surface area (Å²) in [5.41, 5.74) is 4.00. The quantitative estimate of drug-likeness (QED) is 0.753. The summed E-state index contributed by atoms with van der Waals surface area (Å²) in [5, 5.41) is 10.0. The second-order valence-corrected chi connectivity index (χ2v) is 10.1. The fraction of sp³-hybridized carbons (Fsp3) is 0.444. The third kappa shape index (κ3) is 3.50. The lowest BCUT2D eigenvalue weighted by atomic mass is 9.65. The van der Waals surface area contributed by atoms with Crippen molar-refractivity contribution >= 4 is 26.7 Å². The number of nitrogens with two attached hydrogens (primary N) is 2. The Balaban J connectivity index is 1.70. The molecule has 0 aromatic heterocycles. The Bertz CT molecular complexity index is 1110. The minimum atomic E-state index is -4.07. The van der Waals surface area contributed by atoms with Crippen LogP contribution >= 0.6 is 0 Å². The van der Waals surface area contributed by atoms with Gasteiger partial charge in [-0.25, -0.2) is 5.14 Å². The van der Waals surface area contributed by atoms with Gasteiger partial charge in [0.15, 0.2) is 0 Å². The SMILES string of the molecule is C[C@]12CC[C@H]3C(=C1CC[C@@H]2OS(N)(=O)=O)C=Cc1cc(OS(N)(=O)=O)ccc13. The third-order valence-electron chi connectivity index (χ3n) is 6.07. The van der Waals surface area contributed by atoms with Gasteiger partial charge in [-0.2, -0.15) is 22.0 Å². The van der Waals surface area contributed by atoms with Crippen LogP contribution in [0.5, 0.6) is 5.75 Å². The smallest absolute Gasteiger partial charge is 0.371 e. The van der Waals surface area contributed by atoms with Crippen LogP contribution in [0, 0.1) is 5.41 Å². The molecule has 4 N–H and O–H groups in total. The van der Waals surface area contributed by atoms with Crippen LogP contribution in [0.15, 0.2) is 35.4 Å². The monoisotopic (exact) mass is 426 g/mol. The van der Waals surface area contributed by atoms with Crippen molar-refractivity contribution in [2.75, 3.05) is 0 Å². The molecule has 3 aliphatic carbocycles. The molecule has 3 atom stereocenters. The molecule has 8 nitrogen and oxygen atoms in total. The zero-order valence-corrected chi connectivity index (χ0v) is 16.9. The normalized spacial score (nSPS) is 29.2. The fourth-order valence-electron chi connectivity index (χ4n) is 4.91. The van der Waals surface area contributed by atoms with Gasteiger partial charge in [-0.1, -0.05) is 30.7 Å². The molecule has 0 aliphatic heterocycles. The molecule has 0 unspecified atom stereocenters. The molecule has 4 rings (SSSR count). The van der Waals surface area contributed by atoms with Crippen molar-refractivity contribution in [3.8, 4) is 5.75 Å². The van der Waals surface area contributed by atoms with E-state index < -0.39 is 26.7 Å². The van der Waals surface area contributed by atoms with Crippen LogP contribution in [0.1, 0.15) is 49.7 Å². The zero-order chi connectivity index (χ0) is 20.3. The largest absolute Gasteiger partial charge is 0.380 e. The Hall–Kier alpha value is -1.72. The summed E-state index contributed by atoms with van der Waals surface area (Å²) < 4.78 is 55.2. The molecule has 0 spiro atoms. The molecule has 3 aliphatic rings. The van der Waals surface area contributed by atoms with E-state index in [1.807, 2.05) is 25.1 Å². The van der Waals surface area contributed by atoms with E-state index in [0.29, 0.717) is 6.42 Å². The molecule has 0 saturated heterocycles. The number of hydrogen-bond donors (Lipinski definition) is 2. The van der Waals surface area contributed by atoms with E-state index in [2.05, 4.69) is 0 Å². The highest BCUT2D eigenvalue weighted by Crippen LogP contribution is 2.57. The second kappa shape index (κ2) is 6.39. The first-order valence-electron chi connectivity index (χ1n) is 8.95. The summed E-state index contributed by atoms with van der Waals surface area (Å²) in [7, 11) is -8.08. The third-order valence-corrected chi connectivity index (χ3v) is 7.00. The van der Waals surface area contributed by atoms with Gasteiger partial charge < -0.3 is 4.18 Å². The van der Waals surface area contributed by atoms with Crippen molar-refractivity contribution in [2.45, 2.75) is 44.6 Å². The molecule has 0 heterocycles. The maximum absolute atomic E-state index is 11.4. The van der Waals surface area contributed by atoms with E-state index in [0.717, 1.165) is 30.4 Å². The van der Waals surface area contributed by atoms with Gasteiger partial charge in [-0.15, -0.1) is 0 Å². The van der Waals surface area contributed by atoms with Gasteiger partial charge >= 0.3 is 20.6 Å². The average molecular weight is 427 g/mol. The Kier molecular flexibility index (Phi) is 4.47. The molecule has 10 heteroatoms.